The maximum atomic E-state index is 13.1. The fourth-order valence-corrected chi connectivity index (χ4v) is 4.22. The Morgan fingerprint density at radius 2 is 2.00 bits per heavy atom. The highest BCUT2D eigenvalue weighted by Crippen LogP contribution is 2.36. The van der Waals surface area contributed by atoms with E-state index in [0.717, 1.165) is 0 Å². The van der Waals surface area contributed by atoms with Crippen LogP contribution in [0.25, 0.3) is 11.0 Å². The number of nitrogens with one attached hydrogen (secondary N) is 1. The fourth-order valence-electron chi connectivity index (χ4n) is 3.04. The molecule has 4 aromatic rings. The number of benzene rings is 2. The molecule has 12 heteroatoms. The zero-order valence-electron chi connectivity index (χ0n) is 16.0. The lowest BCUT2D eigenvalue weighted by molar-refractivity contribution is -0.0488. The molecule has 4 rings (SSSR count). The molecule has 0 aliphatic rings. The van der Waals surface area contributed by atoms with Gasteiger partial charge in [-0.25, -0.2) is 8.42 Å². The lowest BCUT2D eigenvalue weighted by Crippen LogP contribution is -2.14. The minimum absolute atomic E-state index is 0.0389. The van der Waals surface area contributed by atoms with Gasteiger partial charge in [-0.15, -0.1) is 0 Å². The van der Waals surface area contributed by atoms with Gasteiger partial charge in [0.05, 0.1) is 13.7 Å². The van der Waals surface area contributed by atoms with Gasteiger partial charge in [0, 0.05) is 12.4 Å². The third-order valence-corrected chi connectivity index (χ3v) is 5.69. The molecule has 0 saturated carbocycles. The summed E-state index contributed by atoms with van der Waals surface area (Å²) >= 11 is 0. The molecule has 2 aromatic heterocycles. The van der Waals surface area contributed by atoms with Crippen molar-refractivity contribution in [1.29, 1.82) is 0 Å². The van der Waals surface area contributed by atoms with E-state index in [4.69, 9.17) is 9.26 Å². The number of hydrogen-bond acceptors (Lipinski definition) is 7. The summed E-state index contributed by atoms with van der Waals surface area (Å²) in [6, 6.07) is 10.6. The lowest BCUT2D eigenvalue weighted by atomic mass is 10.1. The monoisotopic (exact) mass is 450 g/mol. The summed E-state index contributed by atoms with van der Waals surface area (Å²) in [5.41, 5.74) is 0.611. The van der Waals surface area contributed by atoms with E-state index in [2.05, 4.69) is 19.7 Å². The van der Waals surface area contributed by atoms with E-state index in [-0.39, 0.29) is 39.7 Å². The number of rotatable bonds is 8. The molecule has 0 atom stereocenters. The molecule has 0 radical (unpaired) electrons. The summed E-state index contributed by atoms with van der Waals surface area (Å²) in [5, 5.41) is 7.74. The molecule has 2 heterocycles. The van der Waals surface area contributed by atoms with E-state index in [9.17, 15) is 17.2 Å². The smallest absolute Gasteiger partial charge is 0.387 e. The second-order valence-electron chi connectivity index (χ2n) is 6.34. The largest absolute Gasteiger partial charge is 0.495 e. The second-order valence-corrected chi connectivity index (χ2v) is 7.99. The maximum absolute atomic E-state index is 13.1. The third kappa shape index (κ3) is 4.28. The Bertz CT molecular complexity index is 1310. The number of methoxy groups -OCH3 is 1. The summed E-state index contributed by atoms with van der Waals surface area (Å²) in [6.45, 7) is -2.89. The molecule has 0 unspecified atom stereocenters. The lowest BCUT2D eigenvalue weighted by Gasteiger charge is -2.11. The number of para-hydroxylation sites is 1. The van der Waals surface area contributed by atoms with Crippen LogP contribution in [0.2, 0.25) is 0 Å². The first-order valence-electron chi connectivity index (χ1n) is 8.88. The van der Waals surface area contributed by atoms with Crippen molar-refractivity contribution >= 4 is 26.8 Å². The molecule has 0 bridgehead atoms. The van der Waals surface area contributed by atoms with Gasteiger partial charge >= 0.3 is 6.61 Å². The highest BCUT2D eigenvalue weighted by molar-refractivity contribution is 7.92. The van der Waals surface area contributed by atoms with Crippen molar-refractivity contribution in [2.75, 3.05) is 11.8 Å². The Morgan fingerprint density at radius 1 is 1.19 bits per heavy atom. The number of sulfonamides is 1. The molecule has 0 spiro atoms. The zero-order chi connectivity index (χ0) is 22.0. The van der Waals surface area contributed by atoms with Crippen LogP contribution in [-0.2, 0) is 16.6 Å². The molecular weight excluding hydrogens is 434 g/mol. The number of hydrogen-bond donors (Lipinski definition) is 1. The minimum atomic E-state index is -4.17. The number of fused-ring (bicyclic) bond motifs is 1. The third-order valence-electron chi connectivity index (χ3n) is 4.31. The molecule has 0 saturated heterocycles. The van der Waals surface area contributed by atoms with E-state index >= 15 is 0 Å². The van der Waals surface area contributed by atoms with E-state index in [1.54, 1.807) is 35.3 Å². The molecule has 9 nitrogen and oxygen atoms in total. The van der Waals surface area contributed by atoms with Gasteiger partial charge in [-0.2, -0.15) is 13.9 Å². The van der Waals surface area contributed by atoms with Crippen LogP contribution in [0.15, 0.2) is 64.3 Å². The molecule has 0 aliphatic heterocycles. The Kier molecular flexibility index (Phi) is 5.46. The first kappa shape index (κ1) is 20.6. The van der Waals surface area contributed by atoms with Crippen LogP contribution in [0.5, 0.6) is 11.5 Å². The van der Waals surface area contributed by atoms with Crippen LogP contribution in [-0.4, -0.2) is 37.1 Å². The van der Waals surface area contributed by atoms with E-state index in [1.165, 1.54) is 31.4 Å². The topological polar surface area (TPSA) is 108 Å². The number of alkyl halides is 2. The summed E-state index contributed by atoms with van der Waals surface area (Å²) in [7, 11) is -2.84. The predicted molar refractivity (Wildman–Crippen MR) is 106 cm³/mol. The molecule has 2 aromatic carbocycles. The standard InChI is InChI=1S/C19H16F2N4O5S/c1-28-13-5-2-3-6-16(13)31(26,27)24-18-17-14(29-19(20)21)9-12(10-15(17)30-23-18)11-25-8-4-7-22-25/h2-10,19H,11H2,1H3,(H,23,24). The highest BCUT2D eigenvalue weighted by atomic mass is 32.2. The number of aromatic nitrogens is 3. The molecule has 162 valence electrons. The maximum Gasteiger partial charge on any atom is 0.387 e. The molecular formula is C19H16F2N4O5S. The van der Waals surface area contributed by atoms with Gasteiger partial charge in [0.1, 0.15) is 21.8 Å². The number of halogens is 2. The first-order chi connectivity index (χ1) is 14.9. The van der Waals surface area contributed by atoms with Crippen LogP contribution in [0.3, 0.4) is 0 Å². The Morgan fingerprint density at radius 3 is 2.71 bits per heavy atom. The van der Waals surface area contributed by atoms with Crippen LogP contribution in [0.4, 0.5) is 14.6 Å². The van der Waals surface area contributed by atoms with E-state index in [1.807, 2.05) is 0 Å². The van der Waals surface area contributed by atoms with Crippen molar-refractivity contribution in [3.8, 4) is 11.5 Å². The van der Waals surface area contributed by atoms with Gasteiger partial charge < -0.3 is 14.0 Å². The zero-order valence-corrected chi connectivity index (χ0v) is 16.8. The van der Waals surface area contributed by atoms with Crippen molar-refractivity contribution < 1.29 is 31.2 Å². The van der Waals surface area contributed by atoms with Crippen molar-refractivity contribution in [2.24, 2.45) is 0 Å². The minimum Gasteiger partial charge on any atom is -0.495 e. The van der Waals surface area contributed by atoms with Crippen molar-refractivity contribution in [3.05, 3.63) is 60.4 Å². The predicted octanol–water partition coefficient (Wildman–Crippen LogP) is 3.48. The summed E-state index contributed by atoms with van der Waals surface area (Å²) in [5.74, 6) is -0.468. The van der Waals surface area contributed by atoms with Gasteiger partial charge in [-0.1, -0.05) is 17.3 Å². The van der Waals surface area contributed by atoms with Crippen molar-refractivity contribution in [1.82, 2.24) is 14.9 Å². The Balaban J connectivity index is 1.76. The summed E-state index contributed by atoms with van der Waals surface area (Å²) < 4.78 is 70.6. The number of ether oxygens (including phenoxy) is 2. The second kappa shape index (κ2) is 8.22. The average molecular weight is 450 g/mol. The van der Waals surface area contributed by atoms with E-state index < -0.39 is 16.6 Å². The van der Waals surface area contributed by atoms with Crippen molar-refractivity contribution in [3.63, 3.8) is 0 Å². The molecule has 0 aliphatic carbocycles. The van der Waals surface area contributed by atoms with Crippen molar-refractivity contribution in [2.45, 2.75) is 18.1 Å². The molecule has 31 heavy (non-hydrogen) atoms. The Labute approximate surface area is 175 Å². The molecule has 0 fully saturated rings. The van der Waals surface area contributed by atoms with Gasteiger partial charge in [-0.3, -0.25) is 9.40 Å². The van der Waals surface area contributed by atoms with Crippen LogP contribution >= 0.6 is 0 Å². The van der Waals surface area contributed by atoms with Gasteiger partial charge in [0.2, 0.25) is 0 Å². The van der Waals surface area contributed by atoms with Crippen LogP contribution in [0, 0.1) is 0 Å². The van der Waals surface area contributed by atoms with Gasteiger partial charge in [0.25, 0.3) is 10.0 Å². The van der Waals surface area contributed by atoms with Crippen LogP contribution < -0.4 is 14.2 Å². The summed E-state index contributed by atoms with van der Waals surface area (Å²) in [6.07, 6.45) is 3.28. The fraction of sp³-hybridized carbons (Fsp3) is 0.158. The molecule has 0 amide bonds. The van der Waals surface area contributed by atoms with E-state index in [0.29, 0.717) is 5.56 Å². The highest BCUT2D eigenvalue weighted by Gasteiger charge is 2.25. The van der Waals surface area contributed by atoms with Crippen LogP contribution in [0.1, 0.15) is 5.56 Å². The number of anilines is 1. The van der Waals surface area contributed by atoms with Gasteiger partial charge in [0.15, 0.2) is 11.4 Å². The molecule has 1 N–H and O–H groups in total. The normalized spacial score (nSPS) is 11.7. The Hall–Kier alpha value is -3.67. The first-order valence-corrected chi connectivity index (χ1v) is 10.4. The summed E-state index contributed by atoms with van der Waals surface area (Å²) in [4.78, 5) is -0.153. The van der Waals surface area contributed by atoms with Gasteiger partial charge in [-0.05, 0) is 35.9 Å². The quantitative estimate of drug-likeness (QED) is 0.438. The SMILES string of the molecule is COc1ccccc1S(=O)(=O)Nc1noc2cc(Cn3cccn3)cc(OC(F)F)c12. The average Bonchev–Trinajstić information content (AvgIpc) is 3.37. The number of nitrogens with zero attached hydrogens (tertiary/aromatic N) is 3.